The van der Waals surface area contributed by atoms with E-state index in [4.69, 9.17) is 15.2 Å². The number of para-hydroxylation sites is 1. The van der Waals surface area contributed by atoms with Crippen LogP contribution in [0.5, 0.6) is 17.2 Å². The molecule has 0 aromatic heterocycles. The van der Waals surface area contributed by atoms with Crippen LogP contribution in [0.15, 0.2) is 84.1 Å². The molecule has 3 aromatic rings. The third-order valence-corrected chi connectivity index (χ3v) is 8.62. The van der Waals surface area contributed by atoms with Crippen LogP contribution in [-0.4, -0.2) is 48.6 Å². The van der Waals surface area contributed by atoms with Crippen molar-refractivity contribution in [3.05, 3.63) is 95.2 Å². The molecule has 0 spiro atoms. The second kappa shape index (κ2) is 13.8. The number of nitrogen functional groups attached to an aromatic ring is 1. The Labute approximate surface area is 253 Å². The molecule has 5 nitrogen and oxygen atoms in total. The lowest BCUT2D eigenvalue weighted by Crippen LogP contribution is -2.39. The van der Waals surface area contributed by atoms with E-state index >= 15 is 0 Å². The summed E-state index contributed by atoms with van der Waals surface area (Å²) >= 11 is 0. The van der Waals surface area contributed by atoms with Gasteiger partial charge in [-0.2, -0.15) is 13.2 Å². The van der Waals surface area contributed by atoms with Crippen LogP contribution in [0.3, 0.4) is 0 Å². The Morgan fingerprint density at radius 1 is 0.814 bits per heavy atom. The molecular weight excluding hydrogens is 551 g/mol. The van der Waals surface area contributed by atoms with E-state index in [9.17, 15) is 13.2 Å². The Hall–Kier alpha value is -3.65. The van der Waals surface area contributed by atoms with Crippen molar-refractivity contribution in [2.24, 2.45) is 0 Å². The van der Waals surface area contributed by atoms with Crippen molar-refractivity contribution < 1.29 is 22.6 Å². The third kappa shape index (κ3) is 8.25. The van der Waals surface area contributed by atoms with Crippen molar-refractivity contribution in [1.82, 2.24) is 9.80 Å². The predicted molar refractivity (Wildman–Crippen MR) is 165 cm³/mol. The molecule has 2 aliphatic heterocycles. The van der Waals surface area contributed by atoms with Crippen molar-refractivity contribution >= 4 is 5.69 Å². The number of piperidine rings is 2. The summed E-state index contributed by atoms with van der Waals surface area (Å²) in [5.41, 5.74) is 8.49. The van der Waals surface area contributed by atoms with Gasteiger partial charge in [-0.3, -0.25) is 0 Å². The number of hydrogen-bond donors (Lipinski definition) is 1. The maximum absolute atomic E-state index is 13.2. The molecule has 0 unspecified atom stereocenters. The molecule has 2 N–H and O–H groups in total. The zero-order valence-electron chi connectivity index (χ0n) is 25.1. The summed E-state index contributed by atoms with van der Waals surface area (Å²) in [6.45, 7) is 9.20. The average molecular weight is 594 g/mol. The number of nitrogens with zero attached hydrogens (tertiary/aromatic N) is 2. The number of benzene rings is 3. The molecule has 2 heterocycles. The molecule has 2 fully saturated rings. The van der Waals surface area contributed by atoms with Crippen molar-refractivity contribution in [3.63, 3.8) is 0 Å². The molecule has 0 saturated carbocycles. The number of hydrogen-bond acceptors (Lipinski definition) is 5. The van der Waals surface area contributed by atoms with E-state index < -0.39 is 11.7 Å². The summed E-state index contributed by atoms with van der Waals surface area (Å²) in [5.74, 6) is 2.50. The van der Waals surface area contributed by atoms with E-state index in [1.807, 2.05) is 30.3 Å². The van der Waals surface area contributed by atoms with E-state index in [2.05, 4.69) is 47.9 Å². The van der Waals surface area contributed by atoms with Crippen LogP contribution in [-0.2, 0) is 6.18 Å². The zero-order chi connectivity index (χ0) is 30.4. The van der Waals surface area contributed by atoms with E-state index in [1.54, 1.807) is 0 Å². The number of halogens is 3. The molecule has 43 heavy (non-hydrogen) atoms. The molecule has 0 amide bonds. The molecule has 2 aliphatic rings. The molecular formula is C35H42F3N3O2. The first-order valence-electron chi connectivity index (χ1n) is 15.3. The summed E-state index contributed by atoms with van der Waals surface area (Å²) in [7, 11) is 0. The first-order valence-corrected chi connectivity index (χ1v) is 15.3. The predicted octanol–water partition coefficient (Wildman–Crippen LogP) is 8.49. The van der Waals surface area contributed by atoms with Gasteiger partial charge in [-0.15, -0.1) is 0 Å². The molecule has 2 saturated heterocycles. The van der Waals surface area contributed by atoms with Crippen LogP contribution in [0.2, 0.25) is 0 Å². The fraction of sp³-hybridized carbons (Fsp3) is 0.429. The smallest absolute Gasteiger partial charge is 0.418 e. The Morgan fingerprint density at radius 3 is 2.07 bits per heavy atom. The normalized spacial score (nSPS) is 17.1. The summed E-state index contributed by atoms with van der Waals surface area (Å²) in [6, 6.07) is 22.2. The molecule has 5 rings (SSSR count). The monoisotopic (exact) mass is 593 g/mol. The fourth-order valence-electron chi connectivity index (χ4n) is 6.20. The van der Waals surface area contributed by atoms with Gasteiger partial charge in [-0.25, -0.2) is 0 Å². The van der Waals surface area contributed by atoms with Crippen LogP contribution in [0.25, 0.3) is 0 Å². The van der Waals surface area contributed by atoms with Gasteiger partial charge in [0, 0.05) is 43.9 Å². The Kier molecular flexibility index (Phi) is 9.86. The lowest BCUT2D eigenvalue weighted by Gasteiger charge is -2.38. The highest BCUT2D eigenvalue weighted by atomic mass is 19.4. The molecule has 3 aromatic carbocycles. The van der Waals surface area contributed by atoms with Crippen LogP contribution in [0.4, 0.5) is 18.9 Å². The minimum Gasteiger partial charge on any atom is -0.490 e. The maximum atomic E-state index is 13.2. The van der Waals surface area contributed by atoms with Gasteiger partial charge in [0.1, 0.15) is 23.4 Å². The first-order chi connectivity index (χ1) is 20.7. The number of nitrogens with two attached hydrogens (primary N) is 1. The van der Waals surface area contributed by atoms with Crippen LogP contribution < -0.4 is 15.2 Å². The number of likely N-dealkylation sites (tertiary alicyclic amines) is 2. The van der Waals surface area contributed by atoms with Crippen molar-refractivity contribution in [2.75, 3.05) is 38.5 Å². The SMILES string of the molecule is CC(C)=C(CCN1CCC(c2ccc(Oc3ccccc3)cc2)CC1)N1CCC(Oc2ccc(N)c(C(F)(F)F)c2)CC1. The highest BCUT2D eigenvalue weighted by Gasteiger charge is 2.34. The minimum atomic E-state index is -4.50. The summed E-state index contributed by atoms with van der Waals surface area (Å²) in [4.78, 5) is 5.01. The summed E-state index contributed by atoms with van der Waals surface area (Å²) in [5, 5.41) is 0. The van der Waals surface area contributed by atoms with Gasteiger partial charge in [0.2, 0.25) is 0 Å². The Bertz CT molecular complexity index is 1360. The van der Waals surface area contributed by atoms with Gasteiger partial charge < -0.3 is 25.0 Å². The Morgan fingerprint density at radius 2 is 1.44 bits per heavy atom. The van der Waals surface area contributed by atoms with E-state index in [1.165, 1.54) is 29.0 Å². The quantitative estimate of drug-likeness (QED) is 0.252. The van der Waals surface area contributed by atoms with Gasteiger partial charge >= 0.3 is 6.18 Å². The minimum absolute atomic E-state index is 0.114. The number of allylic oxidation sites excluding steroid dienone is 1. The first kappa shape index (κ1) is 30.8. The topological polar surface area (TPSA) is 51.0 Å². The maximum Gasteiger partial charge on any atom is 0.418 e. The molecule has 0 aliphatic carbocycles. The number of alkyl halides is 3. The molecule has 0 radical (unpaired) electrons. The van der Waals surface area contributed by atoms with E-state index in [0.29, 0.717) is 5.92 Å². The summed E-state index contributed by atoms with van der Waals surface area (Å²) < 4.78 is 51.6. The fourth-order valence-corrected chi connectivity index (χ4v) is 6.20. The molecule has 0 atom stereocenters. The highest BCUT2D eigenvalue weighted by molar-refractivity contribution is 5.52. The largest absolute Gasteiger partial charge is 0.490 e. The number of ether oxygens (including phenoxy) is 2. The van der Waals surface area contributed by atoms with Gasteiger partial charge in [-0.1, -0.05) is 35.9 Å². The second-order valence-electron chi connectivity index (χ2n) is 11.8. The van der Waals surface area contributed by atoms with Crippen LogP contribution in [0, 0.1) is 0 Å². The molecule has 8 heteroatoms. The van der Waals surface area contributed by atoms with Crippen molar-refractivity contribution in [1.29, 1.82) is 0 Å². The van der Waals surface area contributed by atoms with E-state index in [0.717, 1.165) is 82.4 Å². The number of rotatable bonds is 9. The van der Waals surface area contributed by atoms with Gasteiger partial charge in [0.05, 0.1) is 5.56 Å². The second-order valence-corrected chi connectivity index (χ2v) is 11.8. The highest BCUT2D eigenvalue weighted by Crippen LogP contribution is 2.36. The molecule has 0 bridgehead atoms. The lowest BCUT2D eigenvalue weighted by molar-refractivity contribution is -0.137. The van der Waals surface area contributed by atoms with E-state index in [-0.39, 0.29) is 17.5 Å². The lowest BCUT2D eigenvalue weighted by atomic mass is 9.89. The zero-order valence-corrected chi connectivity index (χ0v) is 25.1. The summed E-state index contributed by atoms with van der Waals surface area (Å²) in [6.07, 6.45) is 0.213. The molecule has 230 valence electrons. The van der Waals surface area contributed by atoms with Crippen LogP contribution >= 0.6 is 0 Å². The number of anilines is 1. The third-order valence-electron chi connectivity index (χ3n) is 8.62. The standard InChI is InChI=1S/C35H42F3N3O2/c1-25(2)34(41-22-16-30(17-23-41)43-31-12-13-33(39)32(24-31)35(36,37)38)18-21-40-19-14-27(15-20-40)26-8-10-29(11-9-26)42-28-6-4-3-5-7-28/h3-13,24,27,30H,14-23,39H2,1-2H3. The van der Waals surface area contributed by atoms with Gasteiger partial charge in [0.25, 0.3) is 0 Å². The van der Waals surface area contributed by atoms with Gasteiger partial charge in [0.15, 0.2) is 0 Å². The Balaban J connectivity index is 1.06. The van der Waals surface area contributed by atoms with Crippen LogP contribution in [0.1, 0.15) is 63.0 Å². The average Bonchev–Trinajstić information content (AvgIpc) is 3.00. The van der Waals surface area contributed by atoms with Gasteiger partial charge in [-0.05, 0) is 100 Å². The van der Waals surface area contributed by atoms with Crippen molar-refractivity contribution in [2.45, 2.75) is 64.1 Å². The van der Waals surface area contributed by atoms with Crippen molar-refractivity contribution in [3.8, 4) is 17.2 Å².